The van der Waals surface area contributed by atoms with Crippen molar-refractivity contribution in [2.45, 2.75) is 91.8 Å². The molecule has 0 radical (unpaired) electrons. The highest BCUT2D eigenvalue weighted by Gasteiger charge is 2.72. The molecule has 10 atom stereocenters. The van der Waals surface area contributed by atoms with Crippen LogP contribution in [0.3, 0.4) is 0 Å². The molecule has 0 amide bonds. The molecule has 4 rings (SSSR count). The molecule has 0 aromatic heterocycles. The Labute approximate surface area is 198 Å². The number of esters is 1. The maximum Gasteiger partial charge on any atom is 0.310 e. The van der Waals surface area contributed by atoms with E-state index in [9.17, 15) is 24.9 Å². The summed E-state index contributed by atoms with van der Waals surface area (Å²) in [5.41, 5.74) is -1.26. The van der Waals surface area contributed by atoms with Gasteiger partial charge in [0.25, 0.3) is 0 Å². The molecule has 4 saturated carbocycles. The van der Waals surface area contributed by atoms with E-state index in [-0.39, 0.29) is 40.5 Å². The number of fused-ring (bicyclic) bond motifs is 5. The van der Waals surface area contributed by atoms with Gasteiger partial charge >= 0.3 is 5.97 Å². The highest BCUT2D eigenvalue weighted by molar-refractivity contribution is 5.86. The average Bonchev–Trinajstić information content (AvgIpc) is 2.74. The normalized spacial score (nSPS) is 51.0. The first-order chi connectivity index (χ1) is 15.3. The minimum Gasteiger partial charge on any atom is -0.469 e. The monoisotopic (exact) mass is 464 g/mol. The number of hydrogen-bond donors (Lipinski definition) is 3. The smallest absolute Gasteiger partial charge is 0.310 e. The molecule has 188 valence electrons. The molecule has 0 bridgehead atoms. The Morgan fingerprint density at radius 3 is 2.21 bits per heavy atom. The maximum atomic E-state index is 13.1. The molecule has 3 N–H and O–H groups in total. The molecule has 0 spiro atoms. The van der Waals surface area contributed by atoms with Crippen molar-refractivity contribution >= 4 is 11.8 Å². The standard InChI is InChI=1S/C27H44O6/c1-15(29)21-16(30)12-18-25(4)11-8-17-24(2,3)9-7-10-27(17,14-28)19(25)13-20(31)26(18,5)22(21)23(32)33-6/h16-22,28,30-31H,7-14H2,1-6H3/t16-,17?,18?,19?,20+,21+,22+,25-,26+,27+/m0/s1. The molecule has 4 fully saturated rings. The number of carbonyl (C=O) groups excluding carboxylic acids is 2. The first-order valence-electron chi connectivity index (χ1n) is 12.9. The van der Waals surface area contributed by atoms with E-state index in [0.717, 1.165) is 32.1 Å². The quantitative estimate of drug-likeness (QED) is 0.554. The van der Waals surface area contributed by atoms with E-state index in [1.807, 2.05) is 6.92 Å². The summed E-state index contributed by atoms with van der Waals surface area (Å²) in [4.78, 5) is 25.7. The first kappa shape index (κ1) is 25.1. The van der Waals surface area contributed by atoms with E-state index in [1.165, 1.54) is 14.0 Å². The van der Waals surface area contributed by atoms with Crippen LogP contribution in [0.5, 0.6) is 0 Å². The van der Waals surface area contributed by atoms with Crippen LogP contribution < -0.4 is 0 Å². The van der Waals surface area contributed by atoms with Gasteiger partial charge in [-0.25, -0.2) is 0 Å². The summed E-state index contributed by atoms with van der Waals surface area (Å²) in [6.45, 7) is 10.4. The van der Waals surface area contributed by atoms with Gasteiger partial charge in [0, 0.05) is 17.4 Å². The van der Waals surface area contributed by atoms with Gasteiger partial charge in [-0.1, -0.05) is 34.1 Å². The summed E-state index contributed by atoms with van der Waals surface area (Å²) >= 11 is 0. The Morgan fingerprint density at radius 2 is 1.64 bits per heavy atom. The van der Waals surface area contributed by atoms with Gasteiger partial charge in [0.2, 0.25) is 0 Å². The number of aliphatic hydroxyl groups is 3. The maximum absolute atomic E-state index is 13.1. The summed E-state index contributed by atoms with van der Waals surface area (Å²) in [5, 5.41) is 33.8. The van der Waals surface area contributed by atoms with Crippen molar-refractivity contribution in [3.63, 3.8) is 0 Å². The summed E-state index contributed by atoms with van der Waals surface area (Å²) in [6, 6.07) is 0. The minimum atomic E-state index is -0.946. The minimum absolute atomic E-state index is 0.0979. The molecule has 0 saturated heterocycles. The number of rotatable bonds is 3. The van der Waals surface area contributed by atoms with Crippen molar-refractivity contribution < 1.29 is 29.6 Å². The Morgan fingerprint density at radius 1 is 0.970 bits per heavy atom. The van der Waals surface area contributed by atoms with Crippen LogP contribution in [0.1, 0.15) is 79.6 Å². The van der Waals surface area contributed by atoms with Gasteiger partial charge in [0.15, 0.2) is 0 Å². The molecule has 4 aliphatic rings. The van der Waals surface area contributed by atoms with Crippen molar-refractivity contribution in [1.29, 1.82) is 0 Å². The average molecular weight is 465 g/mol. The summed E-state index contributed by atoms with van der Waals surface area (Å²) < 4.78 is 5.15. The Bertz CT molecular complexity index is 808. The van der Waals surface area contributed by atoms with Crippen molar-refractivity contribution in [1.82, 2.24) is 0 Å². The molecule has 3 unspecified atom stereocenters. The van der Waals surface area contributed by atoms with Crippen LogP contribution in [-0.4, -0.2) is 53.0 Å². The van der Waals surface area contributed by atoms with Crippen molar-refractivity contribution in [3.8, 4) is 0 Å². The van der Waals surface area contributed by atoms with Crippen LogP contribution in [0, 0.1) is 51.2 Å². The summed E-state index contributed by atoms with van der Waals surface area (Å²) in [7, 11) is 1.31. The van der Waals surface area contributed by atoms with Crippen molar-refractivity contribution in [3.05, 3.63) is 0 Å². The third-order valence-electron chi connectivity index (χ3n) is 11.4. The summed E-state index contributed by atoms with van der Waals surface area (Å²) in [5.74, 6) is -2.18. The zero-order valence-corrected chi connectivity index (χ0v) is 21.3. The molecular weight excluding hydrogens is 420 g/mol. The lowest BCUT2D eigenvalue weighted by Gasteiger charge is -2.71. The van der Waals surface area contributed by atoms with Gasteiger partial charge in [-0.15, -0.1) is 0 Å². The van der Waals surface area contributed by atoms with Crippen LogP contribution >= 0.6 is 0 Å². The second-order valence-corrected chi connectivity index (χ2v) is 13.0. The number of hydrogen-bond acceptors (Lipinski definition) is 6. The SMILES string of the molecule is COC(=O)[C@H]1[C@H](C(C)=O)[C@@H](O)CC2[C@]3(C)CCC4C(C)(C)CCC[C@]4(CO)C3C[C@@H](O)[C@@]21C. The van der Waals surface area contributed by atoms with E-state index >= 15 is 0 Å². The van der Waals surface area contributed by atoms with Crippen molar-refractivity contribution in [2.75, 3.05) is 13.7 Å². The van der Waals surface area contributed by atoms with E-state index in [2.05, 4.69) is 20.8 Å². The van der Waals surface area contributed by atoms with Gasteiger partial charge in [-0.3, -0.25) is 9.59 Å². The number of Topliss-reactive ketones (excluding diaryl/α,β-unsaturated/α-hetero) is 1. The second kappa shape index (κ2) is 8.03. The predicted octanol–water partition coefficient (Wildman–Crippen LogP) is 3.35. The van der Waals surface area contributed by atoms with E-state index in [1.54, 1.807) is 0 Å². The molecule has 6 heteroatoms. The number of carbonyl (C=O) groups is 2. The lowest BCUT2D eigenvalue weighted by molar-refractivity contribution is -0.270. The Balaban J connectivity index is 1.85. The van der Waals surface area contributed by atoms with E-state index in [0.29, 0.717) is 18.8 Å². The molecule has 0 aromatic carbocycles. The molecule has 0 aromatic rings. The lowest BCUT2D eigenvalue weighted by Crippen LogP contribution is -2.71. The van der Waals surface area contributed by atoms with Crippen LogP contribution in [0.25, 0.3) is 0 Å². The molecule has 0 heterocycles. The molecule has 6 nitrogen and oxygen atoms in total. The largest absolute Gasteiger partial charge is 0.469 e. The third kappa shape index (κ3) is 3.22. The highest BCUT2D eigenvalue weighted by atomic mass is 16.5. The van der Waals surface area contributed by atoms with Crippen LogP contribution in [0.2, 0.25) is 0 Å². The second-order valence-electron chi connectivity index (χ2n) is 13.0. The number of ether oxygens (including phenoxy) is 1. The van der Waals surface area contributed by atoms with Gasteiger partial charge in [-0.05, 0) is 74.0 Å². The highest BCUT2D eigenvalue weighted by Crippen LogP contribution is 2.73. The topological polar surface area (TPSA) is 104 Å². The van der Waals surface area contributed by atoms with Gasteiger partial charge in [0.1, 0.15) is 5.78 Å². The van der Waals surface area contributed by atoms with Gasteiger partial charge < -0.3 is 20.1 Å². The van der Waals surface area contributed by atoms with Crippen LogP contribution in [0.4, 0.5) is 0 Å². The predicted molar refractivity (Wildman–Crippen MR) is 124 cm³/mol. The zero-order chi connectivity index (χ0) is 24.6. The molecule has 33 heavy (non-hydrogen) atoms. The number of methoxy groups -OCH3 is 1. The molecular formula is C27H44O6. The van der Waals surface area contributed by atoms with Crippen LogP contribution in [0.15, 0.2) is 0 Å². The fraction of sp³-hybridized carbons (Fsp3) is 0.926. The summed E-state index contributed by atoms with van der Waals surface area (Å²) in [6.07, 6.45) is 4.23. The Kier molecular flexibility index (Phi) is 6.11. The van der Waals surface area contributed by atoms with Gasteiger partial charge in [0.05, 0.1) is 31.2 Å². The number of ketones is 1. The van der Waals surface area contributed by atoms with Crippen LogP contribution in [-0.2, 0) is 14.3 Å². The van der Waals surface area contributed by atoms with E-state index in [4.69, 9.17) is 4.74 Å². The third-order valence-corrected chi connectivity index (χ3v) is 11.4. The lowest BCUT2D eigenvalue weighted by atomic mass is 9.33. The molecule has 0 aliphatic heterocycles. The van der Waals surface area contributed by atoms with E-state index < -0.39 is 35.4 Å². The number of aliphatic hydroxyl groups excluding tert-OH is 3. The zero-order valence-electron chi connectivity index (χ0n) is 21.3. The van der Waals surface area contributed by atoms with Crippen molar-refractivity contribution in [2.24, 2.45) is 51.2 Å². The fourth-order valence-electron chi connectivity index (χ4n) is 10.00. The molecule has 4 aliphatic carbocycles. The fourth-order valence-corrected chi connectivity index (χ4v) is 10.00. The first-order valence-corrected chi connectivity index (χ1v) is 12.9. The van der Waals surface area contributed by atoms with Gasteiger partial charge in [-0.2, -0.15) is 0 Å². The Hall–Kier alpha value is -0.980.